The Hall–Kier alpha value is -2.50. The molecular formula is C32H30Zr. The van der Waals surface area contributed by atoms with E-state index in [1.165, 1.54) is 65.3 Å². The normalized spacial score (nSPS) is 10.8. The molecule has 0 spiro atoms. The molecule has 0 aliphatic carbocycles. The number of aryl methyl sites for hydroxylation is 4. The SMILES string of the molecule is Cc1[cH-]c2ccc3ccccc3c2c1CCc1c(C)[cH-]c2ccc3ccccc3c12.[CH3-].[CH3-].[Zr+4]. The number of hydrogen-bond acceptors (Lipinski definition) is 0. The van der Waals surface area contributed by atoms with Gasteiger partial charge in [-0.15, -0.1) is 56.9 Å². The van der Waals surface area contributed by atoms with Crippen LogP contribution in [0.4, 0.5) is 0 Å². The summed E-state index contributed by atoms with van der Waals surface area (Å²) >= 11 is 0. The van der Waals surface area contributed by atoms with Gasteiger partial charge in [0, 0.05) is 0 Å². The van der Waals surface area contributed by atoms with Crippen molar-refractivity contribution in [3.05, 3.63) is 122 Å². The summed E-state index contributed by atoms with van der Waals surface area (Å²) in [7, 11) is 0. The monoisotopic (exact) mass is 504 g/mol. The van der Waals surface area contributed by atoms with E-state index in [1.807, 2.05) is 0 Å². The van der Waals surface area contributed by atoms with Gasteiger partial charge in [0.2, 0.25) is 0 Å². The van der Waals surface area contributed by atoms with Gasteiger partial charge in [-0.2, -0.15) is 11.1 Å². The second-order valence-corrected chi connectivity index (χ2v) is 8.61. The van der Waals surface area contributed by atoms with Crippen LogP contribution in [-0.4, -0.2) is 0 Å². The summed E-state index contributed by atoms with van der Waals surface area (Å²) in [5.41, 5.74) is 5.85. The Bertz CT molecular complexity index is 1440. The average Bonchev–Trinajstić information content (AvgIpc) is 3.27. The van der Waals surface area contributed by atoms with Crippen LogP contribution >= 0.6 is 0 Å². The second kappa shape index (κ2) is 9.78. The zero-order valence-electron chi connectivity index (χ0n) is 20.0. The molecule has 6 rings (SSSR count). The summed E-state index contributed by atoms with van der Waals surface area (Å²) in [5.74, 6) is 0. The molecule has 0 atom stereocenters. The molecule has 0 saturated carbocycles. The van der Waals surface area contributed by atoms with Gasteiger partial charge in [0.15, 0.2) is 0 Å². The third kappa shape index (κ3) is 4.02. The van der Waals surface area contributed by atoms with Crippen molar-refractivity contribution < 1.29 is 26.2 Å². The largest absolute Gasteiger partial charge is 4.00 e. The van der Waals surface area contributed by atoms with Gasteiger partial charge >= 0.3 is 26.2 Å². The van der Waals surface area contributed by atoms with E-state index in [2.05, 4.69) is 98.8 Å². The van der Waals surface area contributed by atoms with Crippen molar-refractivity contribution in [2.24, 2.45) is 0 Å². The molecule has 0 aliphatic heterocycles. The number of hydrogen-bond donors (Lipinski definition) is 0. The summed E-state index contributed by atoms with van der Waals surface area (Å²) in [6.07, 6.45) is 2.15. The predicted molar refractivity (Wildman–Crippen MR) is 144 cm³/mol. The maximum absolute atomic E-state index is 2.36. The fourth-order valence-electron chi connectivity index (χ4n) is 5.42. The summed E-state index contributed by atoms with van der Waals surface area (Å²) in [5, 5.41) is 11.1. The average molecular weight is 506 g/mol. The van der Waals surface area contributed by atoms with E-state index in [0.29, 0.717) is 0 Å². The van der Waals surface area contributed by atoms with Crippen molar-refractivity contribution in [1.29, 1.82) is 0 Å². The summed E-state index contributed by atoms with van der Waals surface area (Å²) in [6, 6.07) is 31.4. The van der Waals surface area contributed by atoms with Crippen molar-refractivity contribution in [2.75, 3.05) is 0 Å². The molecule has 0 bridgehead atoms. The first-order valence-corrected chi connectivity index (χ1v) is 10.8. The Balaban J connectivity index is 0.00000102. The molecule has 0 heterocycles. The molecular weight excluding hydrogens is 476 g/mol. The van der Waals surface area contributed by atoms with Gasteiger partial charge in [0.05, 0.1) is 0 Å². The van der Waals surface area contributed by atoms with Gasteiger partial charge in [-0.1, -0.05) is 98.1 Å². The third-order valence-corrected chi connectivity index (χ3v) is 6.85. The summed E-state index contributed by atoms with van der Waals surface area (Å²) in [6.45, 7) is 4.55. The van der Waals surface area contributed by atoms with E-state index in [-0.39, 0.29) is 41.1 Å². The molecule has 6 aromatic rings. The Kier molecular flexibility index (Phi) is 7.45. The molecule has 0 saturated heterocycles. The van der Waals surface area contributed by atoms with Crippen LogP contribution in [0, 0.1) is 28.7 Å². The number of benzene rings is 4. The van der Waals surface area contributed by atoms with Gasteiger partial charge in [0.25, 0.3) is 0 Å². The van der Waals surface area contributed by atoms with Crippen LogP contribution in [0.5, 0.6) is 0 Å². The standard InChI is InChI=1S/C30H24.2CH3.Zr/c1-19-17-23-13-11-21-7-3-5-9-27(21)29(23)25(19)15-16-26-20(2)18-24-14-12-22-8-4-6-10-28(22)30(24)26;;;/h3-14,17-18H,15-16H2,1-2H3;2*1H3;/q-2;2*-1;+4. The molecule has 0 aromatic heterocycles. The van der Waals surface area contributed by atoms with Crippen LogP contribution in [0.1, 0.15) is 22.3 Å². The maximum atomic E-state index is 2.36. The molecule has 0 unspecified atom stereocenters. The molecule has 33 heavy (non-hydrogen) atoms. The van der Waals surface area contributed by atoms with E-state index in [4.69, 9.17) is 0 Å². The Morgan fingerprint density at radius 1 is 0.545 bits per heavy atom. The second-order valence-electron chi connectivity index (χ2n) is 8.61. The van der Waals surface area contributed by atoms with Crippen LogP contribution in [0.25, 0.3) is 43.1 Å². The first kappa shape index (κ1) is 25.1. The smallest absolute Gasteiger partial charge is 0.358 e. The third-order valence-electron chi connectivity index (χ3n) is 6.85. The van der Waals surface area contributed by atoms with E-state index < -0.39 is 0 Å². The van der Waals surface area contributed by atoms with Gasteiger partial charge in [-0.25, -0.2) is 0 Å². The van der Waals surface area contributed by atoms with Crippen LogP contribution in [0.3, 0.4) is 0 Å². The van der Waals surface area contributed by atoms with Crippen molar-refractivity contribution in [2.45, 2.75) is 26.7 Å². The Labute approximate surface area is 217 Å². The van der Waals surface area contributed by atoms with Crippen molar-refractivity contribution in [1.82, 2.24) is 0 Å². The first-order valence-electron chi connectivity index (χ1n) is 10.8. The van der Waals surface area contributed by atoms with Crippen LogP contribution in [0.2, 0.25) is 0 Å². The molecule has 1 heteroatoms. The van der Waals surface area contributed by atoms with Crippen LogP contribution in [-0.2, 0) is 39.0 Å². The topological polar surface area (TPSA) is 0 Å². The van der Waals surface area contributed by atoms with Gasteiger partial charge in [-0.3, -0.25) is 0 Å². The molecule has 0 N–H and O–H groups in total. The van der Waals surface area contributed by atoms with E-state index in [1.54, 1.807) is 0 Å². The fraction of sp³-hybridized carbons (Fsp3) is 0.125. The zero-order chi connectivity index (χ0) is 20.2. The Morgan fingerprint density at radius 2 is 0.939 bits per heavy atom. The fourth-order valence-corrected chi connectivity index (χ4v) is 5.42. The van der Waals surface area contributed by atoms with Crippen molar-refractivity contribution >= 4 is 43.1 Å². The molecule has 6 aromatic carbocycles. The van der Waals surface area contributed by atoms with Crippen molar-refractivity contribution in [3.8, 4) is 0 Å². The number of fused-ring (bicyclic) bond motifs is 6. The molecule has 0 aliphatic rings. The first-order chi connectivity index (χ1) is 14.7. The summed E-state index contributed by atoms with van der Waals surface area (Å²) in [4.78, 5) is 0. The van der Waals surface area contributed by atoms with Gasteiger partial charge in [-0.05, 0) is 10.8 Å². The molecule has 0 nitrogen and oxygen atoms in total. The number of rotatable bonds is 3. The van der Waals surface area contributed by atoms with E-state index in [9.17, 15) is 0 Å². The molecule has 0 fully saturated rings. The van der Waals surface area contributed by atoms with E-state index in [0.717, 1.165) is 12.8 Å². The van der Waals surface area contributed by atoms with Crippen molar-refractivity contribution in [3.63, 3.8) is 0 Å². The van der Waals surface area contributed by atoms with Crippen LogP contribution < -0.4 is 0 Å². The van der Waals surface area contributed by atoms with E-state index >= 15 is 0 Å². The zero-order valence-corrected chi connectivity index (χ0v) is 22.5. The summed E-state index contributed by atoms with van der Waals surface area (Å²) < 4.78 is 0. The molecule has 162 valence electrons. The minimum absolute atomic E-state index is 0. The minimum atomic E-state index is 0. The minimum Gasteiger partial charge on any atom is -0.358 e. The molecule has 0 amide bonds. The predicted octanol–water partition coefficient (Wildman–Crippen LogP) is 9.04. The quantitative estimate of drug-likeness (QED) is 0.210. The van der Waals surface area contributed by atoms with Gasteiger partial charge in [0.1, 0.15) is 0 Å². The molecule has 0 radical (unpaired) electrons. The maximum Gasteiger partial charge on any atom is 4.00 e. The van der Waals surface area contributed by atoms with Gasteiger partial charge < -0.3 is 14.9 Å². The Morgan fingerprint density at radius 3 is 1.36 bits per heavy atom. The van der Waals surface area contributed by atoms with Crippen LogP contribution in [0.15, 0.2) is 84.9 Å².